The van der Waals surface area contributed by atoms with Crippen LogP contribution in [0.1, 0.15) is 18.7 Å². The standard InChI is InChI=1S/C10H12O2S/c1-7(2)12-10(11)8(3)9-5-4-6-13-9/h4-7H,3H2,1-2H3. The summed E-state index contributed by atoms with van der Waals surface area (Å²) in [5.74, 6) is -0.336. The molecule has 0 fully saturated rings. The number of esters is 1. The van der Waals surface area contributed by atoms with Crippen LogP contribution < -0.4 is 0 Å². The molecule has 70 valence electrons. The van der Waals surface area contributed by atoms with Crippen LogP contribution in [0.5, 0.6) is 0 Å². The Morgan fingerprint density at radius 1 is 1.62 bits per heavy atom. The third-order valence-electron chi connectivity index (χ3n) is 1.41. The molecule has 0 aliphatic rings. The molecule has 1 rings (SSSR count). The molecule has 0 aromatic carbocycles. The lowest BCUT2D eigenvalue weighted by molar-refractivity contribution is -0.140. The summed E-state index contributed by atoms with van der Waals surface area (Å²) in [6.45, 7) is 7.32. The fourth-order valence-corrected chi connectivity index (χ4v) is 1.52. The average Bonchev–Trinajstić information content (AvgIpc) is 2.53. The minimum absolute atomic E-state index is 0.0933. The largest absolute Gasteiger partial charge is 0.459 e. The smallest absolute Gasteiger partial charge is 0.339 e. The molecule has 2 nitrogen and oxygen atoms in total. The predicted molar refractivity (Wildman–Crippen MR) is 54.6 cm³/mol. The van der Waals surface area contributed by atoms with Gasteiger partial charge in [-0.05, 0) is 25.3 Å². The number of thiophene rings is 1. The Kier molecular flexibility index (Phi) is 3.25. The third-order valence-corrected chi connectivity index (χ3v) is 2.34. The molecule has 0 spiro atoms. The SMILES string of the molecule is C=C(C(=O)OC(C)C)c1cccs1. The Balaban J connectivity index is 2.64. The summed E-state index contributed by atoms with van der Waals surface area (Å²) in [5.41, 5.74) is 0.434. The molecule has 0 aliphatic carbocycles. The first kappa shape index (κ1) is 9.99. The second kappa shape index (κ2) is 4.23. The number of carbonyl (C=O) groups is 1. The zero-order valence-corrected chi connectivity index (χ0v) is 8.56. The van der Waals surface area contributed by atoms with Crippen molar-refractivity contribution in [3.8, 4) is 0 Å². The van der Waals surface area contributed by atoms with E-state index in [1.165, 1.54) is 11.3 Å². The van der Waals surface area contributed by atoms with Gasteiger partial charge in [-0.3, -0.25) is 0 Å². The predicted octanol–water partition coefficient (Wildman–Crippen LogP) is 2.71. The van der Waals surface area contributed by atoms with Crippen LogP contribution in [0.4, 0.5) is 0 Å². The van der Waals surface area contributed by atoms with Crippen molar-refractivity contribution in [3.05, 3.63) is 29.0 Å². The first-order valence-corrected chi connectivity index (χ1v) is 4.93. The van der Waals surface area contributed by atoms with Gasteiger partial charge in [-0.1, -0.05) is 12.6 Å². The highest BCUT2D eigenvalue weighted by molar-refractivity contribution is 7.11. The van der Waals surface area contributed by atoms with Crippen molar-refractivity contribution in [1.29, 1.82) is 0 Å². The minimum atomic E-state index is -0.336. The molecule has 0 saturated heterocycles. The molecule has 0 unspecified atom stereocenters. The van der Waals surface area contributed by atoms with Gasteiger partial charge in [-0.2, -0.15) is 0 Å². The Hall–Kier alpha value is -1.09. The van der Waals surface area contributed by atoms with Crippen molar-refractivity contribution in [2.75, 3.05) is 0 Å². The van der Waals surface area contributed by atoms with Gasteiger partial charge in [0.1, 0.15) is 0 Å². The molecule has 0 radical (unpaired) electrons. The molecule has 0 amide bonds. The van der Waals surface area contributed by atoms with E-state index < -0.39 is 0 Å². The van der Waals surface area contributed by atoms with E-state index in [1.807, 2.05) is 31.4 Å². The van der Waals surface area contributed by atoms with Crippen LogP contribution in [-0.4, -0.2) is 12.1 Å². The minimum Gasteiger partial charge on any atom is -0.459 e. The normalized spacial score (nSPS) is 10.1. The van der Waals surface area contributed by atoms with Crippen LogP contribution in [0.3, 0.4) is 0 Å². The number of hydrogen-bond acceptors (Lipinski definition) is 3. The highest BCUT2D eigenvalue weighted by Gasteiger charge is 2.12. The van der Waals surface area contributed by atoms with E-state index in [2.05, 4.69) is 6.58 Å². The molecule has 3 heteroatoms. The van der Waals surface area contributed by atoms with Gasteiger partial charge in [0.2, 0.25) is 0 Å². The van der Waals surface area contributed by atoms with Crippen LogP contribution >= 0.6 is 11.3 Å². The molecule has 0 atom stereocenters. The van der Waals surface area contributed by atoms with E-state index >= 15 is 0 Å². The maximum atomic E-state index is 11.3. The lowest BCUT2D eigenvalue weighted by Gasteiger charge is -2.08. The molecule has 1 heterocycles. The first-order valence-electron chi connectivity index (χ1n) is 4.05. The second-order valence-electron chi connectivity index (χ2n) is 2.91. The summed E-state index contributed by atoms with van der Waals surface area (Å²) in [4.78, 5) is 12.2. The van der Waals surface area contributed by atoms with Gasteiger partial charge in [0.15, 0.2) is 0 Å². The van der Waals surface area contributed by atoms with Crippen LogP contribution in [0.15, 0.2) is 24.1 Å². The molecular formula is C10H12O2S. The van der Waals surface area contributed by atoms with Crippen molar-refractivity contribution < 1.29 is 9.53 Å². The average molecular weight is 196 g/mol. The van der Waals surface area contributed by atoms with E-state index in [0.29, 0.717) is 5.57 Å². The van der Waals surface area contributed by atoms with Gasteiger partial charge in [-0.15, -0.1) is 11.3 Å². The summed E-state index contributed by atoms with van der Waals surface area (Å²) in [6, 6.07) is 3.74. The van der Waals surface area contributed by atoms with Crippen LogP contribution in [0, 0.1) is 0 Å². The Morgan fingerprint density at radius 2 is 2.31 bits per heavy atom. The summed E-state index contributed by atoms with van der Waals surface area (Å²) in [5, 5.41) is 1.91. The number of hydrogen-bond donors (Lipinski definition) is 0. The van der Waals surface area contributed by atoms with E-state index in [-0.39, 0.29) is 12.1 Å². The quantitative estimate of drug-likeness (QED) is 0.549. The van der Waals surface area contributed by atoms with Crippen molar-refractivity contribution in [1.82, 2.24) is 0 Å². The first-order chi connectivity index (χ1) is 6.11. The van der Waals surface area contributed by atoms with Gasteiger partial charge in [0, 0.05) is 4.88 Å². The Bertz CT molecular complexity index is 299. The maximum absolute atomic E-state index is 11.3. The molecule has 13 heavy (non-hydrogen) atoms. The highest BCUT2D eigenvalue weighted by atomic mass is 32.1. The molecule has 0 N–H and O–H groups in total. The zero-order chi connectivity index (χ0) is 9.84. The monoisotopic (exact) mass is 196 g/mol. The third kappa shape index (κ3) is 2.70. The van der Waals surface area contributed by atoms with Crippen LogP contribution in [0.25, 0.3) is 5.57 Å². The topological polar surface area (TPSA) is 26.3 Å². The summed E-state index contributed by atoms with van der Waals surface area (Å²) in [6.07, 6.45) is -0.0933. The van der Waals surface area contributed by atoms with Crippen molar-refractivity contribution in [2.24, 2.45) is 0 Å². The summed E-state index contributed by atoms with van der Waals surface area (Å²) < 4.78 is 5.00. The maximum Gasteiger partial charge on any atom is 0.339 e. The number of ether oxygens (including phenoxy) is 1. The molecule has 0 bridgehead atoms. The number of carbonyl (C=O) groups excluding carboxylic acids is 1. The Morgan fingerprint density at radius 3 is 2.77 bits per heavy atom. The lowest BCUT2D eigenvalue weighted by Crippen LogP contribution is -2.11. The van der Waals surface area contributed by atoms with E-state index in [9.17, 15) is 4.79 Å². The fourth-order valence-electron chi connectivity index (χ4n) is 0.836. The fraction of sp³-hybridized carbons (Fsp3) is 0.300. The molecular weight excluding hydrogens is 184 g/mol. The van der Waals surface area contributed by atoms with Crippen LogP contribution in [0.2, 0.25) is 0 Å². The van der Waals surface area contributed by atoms with Crippen LogP contribution in [-0.2, 0) is 9.53 Å². The zero-order valence-electron chi connectivity index (χ0n) is 7.74. The summed E-state index contributed by atoms with van der Waals surface area (Å²) in [7, 11) is 0. The van der Waals surface area contributed by atoms with Crippen molar-refractivity contribution in [3.63, 3.8) is 0 Å². The van der Waals surface area contributed by atoms with Gasteiger partial charge in [0.05, 0.1) is 11.7 Å². The molecule has 0 saturated carbocycles. The summed E-state index contributed by atoms with van der Waals surface area (Å²) >= 11 is 1.49. The van der Waals surface area contributed by atoms with Gasteiger partial charge >= 0.3 is 5.97 Å². The van der Waals surface area contributed by atoms with E-state index in [1.54, 1.807) is 0 Å². The molecule has 1 aromatic heterocycles. The van der Waals surface area contributed by atoms with Gasteiger partial charge in [-0.25, -0.2) is 4.79 Å². The second-order valence-corrected chi connectivity index (χ2v) is 3.86. The highest BCUT2D eigenvalue weighted by Crippen LogP contribution is 2.19. The number of rotatable bonds is 3. The molecule has 1 aromatic rings. The van der Waals surface area contributed by atoms with E-state index in [0.717, 1.165) is 4.88 Å². The van der Waals surface area contributed by atoms with Crippen molar-refractivity contribution in [2.45, 2.75) is 20.0 Å². The lowest BCUT2D eigenvalue weighted by atomic mass is 10.2. The van der Waals surface area contributed by atoms with Gasteiger partial charge < -0.3 is 4.74 Å². The van der Waals surface area contributed by atoms with Gasteiger partial charge in [0.25, 0.3) is 0 Å². The Labute approximate surface area is 81.8 Å². The molecule has 0 aliphatic heterocycles. The van der Waals surface area contributed by atoms with E-state index in [4.69, 9.17) is 4.74 Å². The van der Waals surface area contributed by atoms with Crippen molar-refractivity contribution >= 4 is 22.9 Å².